The molecule has 6 rings (SSSR count). The molecule has 0 spiro atoms. The first-order valence-electron chi connectivity index (χ1n) is 11.6. The lowest BCUT2D eigenvalue weighted by Gasteiger charge is -2.12. The quantitative estimate of drug-likeness (QED) is 0.367. The molecule has 3 aromatic carbocycles. The summed E-state index contributed by atoms with van der Waals surface area (Å²) in [7, 11) is 0. The van der Waals surface area contributed by atoms with Crippen LogP contribution >= 0.6 is 0 Å². The van der Waals surface area contributed by atoms with E-state index in [1.807, 2.05) is 48.7 Å². The molecular weight excluding hydrogens is 422 g/mol. The van der Waals surface area contributed by atoms with Gasteiger partial charge in [-0.2, -0.15) is 0 Å². The zero-order chi connectivity index (χ0) is 23.1. The highest BCUT2D eigenvalue weighted by Gasteiger charge is 2.23. The average molecular weight is 448 g/mol. The molecule has 34 heavy (non-hydrogen) atoms. The van der Waals surface area contributed by atoms with Crippen LogP contribution in [-0.2, 0) is 6.54 Å². The summed E-state index contributed by atoms with van der Waals surface area (Å²) in [6, 6.07) is 24.6. The van der Waals surface area contributed by atoms with Gasteiger partial charge < -0.3 is 10.6 Å². The molecule has 0 atom stereocenters. The number of para-hydroxylation sites is 2. The van der Waals surface area contributed by atoms with E-state index < -0.39 is 0 Å². The van der Waals surface area contributed by atoms with Gasteiger partial charge in [0.2, 0.25) is 0 Å². The molecule has 6 heteroatoms. The molecule has 0 radical (unpaired) electrons. The van der Waals surface area contributed by atoms with Crippen molar-refractivity contribution in [1.29, 1.82) is 0 Å². The van der Waals surface area contributed by atoms with Crippen molar-refractivity contribution in [3.63, 3.8) is 0 Å². The Kier molecular flexibility index (Phi) is 4.99. The third kappa shape index (κ3) is 3.88. The smallest absolute Gasteiger partial charge is 0.251 e. The maximum atomic E-state index is 12.4. The third-order valence-electron chi connectivity index (χ3n) is 6.26. The Morgan fingerprint density at radius 2 is 1.76 bits per heavy atom. The number of imidazole rings is 1. The van der Waals surface area contributed by atoms with Gasteiger partial charge in [-0.05, 0) is 49.6 Å². The summed E-state index contributed by atoms with van der Waals surface area (Å²) in [5, 5.41) is 6.52. The number of nitrogens with one attached hydrogen (secondary N) is 2. The van der Waals surface area contributed by atoms with Crippen molar-refractivity contribution in [2.75, 3.05) is 5.32 Å². The van der Waals surface area contributed by atoms with Crippen LogP contribution < -0.4 is 10.6 Å². The molecule has 0 unspecified atom stereocenters. The highest BCUT2D eigenvalue weighted by Crippen LogP contribution is 2.29. The number of hydrogen-bond donors (Lipinski definition) is 2. The van der Waals surface area contributed by atoms with Gasteiger partial charge in [0.15, 0.2) is 11.5 Å². The van der Waals surface area contributed by atoms with Crippen LogP contribution in [0, 0.1) is 6.92 Å². The molecule has 1 fully saturated rings. The van der Waals surface area contributed by atoms with E-state index in [2.05, 4.69) is 52.3 Å². The minimum absolute atomic E-state index is 0.00978. The largest absolute Gasteiger partial charge is 0.363 e. The Labute approximate surface area is 197 Å². The van der Waals surface area contributed by atoms with E-state index >= 15 is 0 Å². The molecule has 0 aliphatic heterocycles. The van der Waals surface area contributed by atoms with Crippen LogP contribution in [0.2, 0.25) is 0 Å². The van der Waals surface area contributed by atoms with Crippen LogP contribution in [0.25, 0.3) is 27.9 Å². The lowest BCUT2D eigenvalue weighted by Crippen LogP contribution is -2.25. The lowest BCUT2D eigenvalue weighted by atomic mass is 10.1. The Hall–Kier alpha value is -4.19. The number of nitrogens with zero attached hydrogens (tertiary/aromatic N) is 3. The summed E-state index contributed by atoms with van der Waals surface area (Å²) in [6.45, 7) is 2.75. The Morgan fingerprint density at radius 3 is 2.53 bits per heavy atom. The molecule has 0 bridgehead atoms. The van der Waals surface area contributed by atoms with E-state index in [0.717, 1.165) is 46.6 Å². The number of carbonyl (C=O) groups excluding carboxylic acids is 1. The monoisotopic (exact) mass is 447 g/mol. The first kappa shape index (κ1) is 20.4. The van der Waals surface area contributed by atoms with Crippen LogP contribution in [0.3, 0.4) is 0 Å². The van der Waals surface area contributed by atoms with E-state index in [9.17, 15) is 4.79 Å². The maximum Gasteiger partial charge on any atom is 0.251 e. The predicted octanol–water partition coefficient (Wildman–Crippen LogP) is 5.36. The van der Waals surface area contributed by atoms with Crippen molar-refractivity contribution >= 4 is 28.4 Å². The van der Waals surface area contributed by atoms with E-state index in [1.54, 1.807) is 0 Å². The minimum Gasteiger partial charge on any atom is -0.363 e. The molecule has 0 saturated heterocycles. The number of carbonyl (C=O) groups is 1. The molecule has 1 saturated carbocycles. The summed E-state index contributed by atoms with van der Waals surface area (Å²) >= 11 is 0. The second-order valence-corrected chi connectivity index (χ2v) is 8.92. The van der Waals surface area contributed by atoms with Crippen LogP contribution in [0.5, 0.6) is 0 Å². The van der Waals surface area contributed by atoms with Crippen molar-refractivity contribution in [3.8, 4) is 11.3 Å². The lowest BCUT2D eigenvalue weighted by molar-refractivity contribution is 0.0951. The second kappa shape index (κ2) is 8.30. The third-order valence-corrected chi connectivity index (χ3v) is 6.26. The molecule has 5 aromatic rings. The normalized spacial score (nSPS) is 13.3. The van der Waals surface area contributed by atoms with Crippen molar-refractivity contribution in [2.45, 2.75) is 32.4 Å². The van der Waals surface area contributed by atoms with E-state index in [1.165, 1.54) is 11.1 Å². The number of fused-ring (bicyclic) bond motifs is 3. The first-order valence-corrected chi connectivity index (χ1v) is 11.6. The van der Waals surface area contributed by atoms with Crippen molar-refractivity contribution in [1.82, 2.24) is 19.7 Å². The highest BCUT2D eigenvalue weighted by atomic mass is 16.1. The van der Waals surface area contributed by atoms with Gasteiger partial charge in [-0.1, -0.05) is 54.1 Å². The van der Waals surface area contributed by atoms with Gasteiger partial charge in [-0.25, -0.2) is 9.97 Å². The minimum atomic E-state index is -0.00978. The standard InChI is InChI=1S/C28H25N5O/c1-18-6-8-19(9-7-18)16-29-26-27-30-17-25(33(27)24-5-3-2-4-23(24)32-26)20-10-12-21(13-11-20)28(34)31-22-14-15-22/h2-13,17,22H,14-16H2,1H3,(H,29,32)(H,31,34). The maximum absolute atomic E-state index is 12.4. The fourth-order valence-electron chi connectivity index (χ4n) is 4.18. The average Bonchev–Trinajstić information content (AvgIpc) is 3.57. The van der Waals surface area contributed by atoms with Gasteiger partial charge in [0.1, 0.15) is 0 Å². The van der Waals surface area contributed by atoms with Crippen LogP contribution in [-0.4, -0.2) is 26.3 Å². The summed E-state index contributed by atoms with van der Waals surface area (Å²) in [6.07, 6.45) is 4.03. The van der Waals surface area contributed by atoms with Gasteiger partial charge in [0.25, 0.3) is 5.91 Å². The molecule has 1 amide bonds. The number of benzene rings is 3. The number of hydrogen-bond acceptors (Lipinski definition) is 4. The second-order valence-electron chi connectivity index (χ2n) is 8.92. The molecular formula is C28H25N5O. The number of anilines is 1. The molecule has 2 aromatic heterocycles. The first-order chi connectivity index (χ1) is 16.7. The van der Waals surface area contributed by atoms with E-state index in [4.69, 9.17) is 9.97 Å². The fourth-order valence-corrected chi connectivity index (χ4v) is 4.18. The molecule has 1 aliphatic rings. The number of rotatable bonds is 6. The van der Waals surface area contributed by atoms with Crippen molar-refractivity contribution in [2.24, 2.45) is 0 Å². The summed E-state index contributed by atoms with van der Waals surface area (Å²) in [5.41, 5.74) is 7.71. The topological polar surface area (TPSA) is 71.3 Å². The van der Waals surface area contributed by atoms with E-state index in [0.29, 0.717) is 18.2 Å². The van der Waals surface area contributed by atoms with E-state index in [-0.39, 0.29) is 5.91 Å². The molecule has 1 aliphatic carbocycles. The Bertz CT molecular complexity index is 1500. The van der Waals surface area contributed by atoms with Crippen molar-refractivity contribution in [3.05, 3.63) is 95.7 Å². The summed E-state index contributed by atoms with van der Waals surface area (Å²) in [5.74, 6) is 0.732. The van der Waals surface area contributed by atoms with Gasteiger partial charge in [-0.15, -0.1) is 0 Å². The van der Waals surface area contributed by atoms with Gasteiger partial charge >= 0.3 is 0 Å². The SMILES string of the molecule is Cc1ccc(CNc2nc3ccccc3n3c(-c4ccc(C(=O)NC5CC5)cc4)cnc23)cc1. The molecule has 2 heterocycles. The molecule has 168 valence electrons. The van der Waals surface area contributed by atoms with Crippen molar-refractivity contribution < 1.29 is 4.79 Å². The fraction of sp³-hybridized carbons (Fsp3) is 0.179. The van der Waals surface area contributed by atoms with Gasteiger partial charge in [-0.3, -0.25) is 9.20 Å². The van der Waals surface area contributed by atoms with Gasteiger partial charge in [0.05, 0.1) is 22.9 Å². The Morgan fingerprint density at radius 1 is 1.00 bits per heavy atom. The summed E-state index contributed by atoms with van der Waals surface area (Å²) < 4.78 is 2.14. The number of aryl methyl sites for hydroxylation is 1. The molecule has 6 nitrogen and oxygen atoms in total. The Balaban J connectivity index is 1.38. The zero-order valence-corrected chi connectivity index (χ0v) is 19.0. The predicted molar refractivity (Wildman–Crippen MR) is 135 cm³/mol. The van der Waals surface area contributed by atoms with Crippen LogP contribution in [0.4, 0.5) is 5.82 Å². The summed E-state index contributed by atoms with van der Waals surface area (Å²) in [4.78, 5) is 22.0. The van der Waals surface area contributed by atoms with Crippen LogP contribution in [0.1, 0.15) is 34.3 Å². The zero-order valence-electron chi connectivity index (χ0n) is 19.0. The van der Waals surface area contributed by atoms with Crippen LogP contribution in [0.15, 0.2) is 79.0 Å². The number of aromatic nitrogens is 3. The van der Waals surface area contributed by atoms with Gasteiger partial charge in [0, 0.05) is 23.7 Å². The number of amides is 1. The highest BCUT2D eigenvalue weighted by molar-refractivity contribution is 5.95. The molecule has 2 N–H and O–H groups in total.